The molecule has 0 aromatic heterocycles. The first-order chi connectivity index (χ1) is 11.7. The Morgan fingerprint density at radius 2 is 2.08 bits per heavy atom. The zero-order chi connectivity index (χ0) is 17.4. The van der Waals surface area contributed by atoms with Gasteiger partial charge in [0.25, 0.3) is 0 Å². The summed E-state index contributed by atoms with van der Waals surface area (Å²) >= 11 is 0. The highest BCUT2D eigenvalue weighted by Gasteiger charge is 2.34. The fraction of sp³-hybridized carbons (Fsp3) is 0.579. The molecule has 3 N–H and O–H groups in total. The van der Waals surface area contributed by atoms with Crippen molar-refractivity contribution in [3.05, 3.63) is 35.9 Å². The van der Waals surface area contributed by atoms with Gasteiger partial charge >= 0.3 is 0 Å². The number of hydrogen-bond acceptors (Lipinski definition) is 3. The lowest BCUT2D eigenvalue weighted by Crippen LogP contribution is -2.50. The first-order valence-electron chi connectivity index (χ1n) is 8.99. The standard InChI is InChI=1S/C19H29N3O2/c1-2-3-10-16(14-20)21-19(24)17-11-7-12-22(17)18(23)13-15-8-5-4-6-9-15/h4-6,8-9,16-17H,2-3,7,10-14,20H2,1H3,(H,21,24). The van der Waals surface area contributed by atoms with Gasteiger partial charge in [-0.25, -0.2) is 0 Å². The van der Waals surface area contributed by atoms with Crippen LogP contribution in [0.15, 0.2) is 30.3 Å². The van der Waals surface area contributed by atoms with Crippen LogP contribution in [-0.4, -0.2) is 41.9 Å². The molecule has 0 spiro atoms. The van der Waals surface area contributed by atoms with E-state index in [9.17, 15) is 9.59 Å². The van der Waals surface area contributed by atoms with Crippen LogP contribution >= 0.6 is 0 Å². The molecule has 1 aromatic rings. The van der Waals surface area contributed by atoms with Crippen molar-refractivity contribution in [3.8, 4) is 0 Å². The van der Waals surface area contributed by atoms with Gasteiger partial charge in [-0.2, -0.15) is 0 Å². The maximum Gasteiger partial charge on any atom is 0.243 e. The molecule has 1 saturated heterocycles. The Labute approximate surface area is 144 Å². The number of nitrogens with zero attached hydrogens (tertiary/aromatic N) is 1. The molecule has 1 fully saturated rings. The Hall–Kier alpha value is -1.88. The first kappa shape index (κ1) is 18.5. The van der Waals surface area contributed by atoms with Crippen LogP contribution in [0.1, 0.15) is 44.6 Å². The fourth-order valence-electron chi connectivity index (χ4n) is 3.21. The lowest BCUT2D eigenvalue weighted by molar-refractivity contribution is -0.138. The predicted molar refractivity (Wildman–Crippen MR) is 95.4 cm³/mol. The van der Waals surface area contributed by atoms with E-state index in [1.165, 1.54) is 0 Å². The Morgan fingerprint density at radius 3 is 2.75 bits per heavy atom. The highest BCUT2D eigenvalue weighted by Crippen LogP contribution is 2.19. The van der Waals surface area contributed by atoms with Crippen molar-refractivity contribution in [1.29, 1.82) is 0 Å². The number of nitrogens with two attached hydrogens (primary N) is 1. The minimum Gasteiger partial charge on any atom is -0.350 e. The summed E-state index contributed by atoms with van der Waals surface area (Å²) in [6.07, 6.45) is 4.98. The van der Waals surface area contributed by atoms with Crippen LogP contribution in [0.2, 0.25) is 0 Å². The van der Waals surface area contributed by atoms with Crippen LogP contribution in [0.3, 0.4) is 0 Å². The zero-order valence-corrected chi connectivity index (χ0v) is 14.5. The zero-order valence-electron chi connectivity index (χ0n) is 14.5. The van der Waals surface area contributed by atoms with E-state index in [1.807, 2.05) is 30.3 Å². The summed E-state index contributed by atoms with van der Waals surface area (Å²) in [5, 5.41) is 3.03. The fourth-order valence-corrected chi connectivity index (χ4v) is 3.21. The second-order valence-electron chi connectivity index (χ2n) is 6.49. The molecule has 1 aromatic carbocycles. The number of rotatable bonds is 8. The quantitative estimate of drug-likeness (QED) is 0.763. The van der Waals surface area contributed by atoms with E-state index < -0.39 is 0 Å². The molecular weight excluding hydrogens is 302 g/mol. The minimum absolute atomic E-state index is 0.00382. The maximum absolute atomic E-state index is 12.6. The van der Waals surface area contributed by atoms with Gasteiger partial charge in [0.15, 0.2) is 0 Å². The molecule has 2 amide bonds. The minimum atomic E-state index is -0.350. The van der Waals surface area contributed by atoms with Gasteiger partial charge in [-0.1, -0.05) is 50.1 Å². The summed E-state index contributed by atoms with van der Waals surface area (Å²) in [6.45, 7) is 3.22. The molecule has 5 heteroatoms. The average Bonchev–Trinajstić information content (AvgIpc) is 3.09. The van der Waals surface area contributed by atoms with E-state index in [0.29, 0.717) is 19.5 Å². The van der Waals surface area contributed by atoms with Crippen LogP contribution in [0, 0.1) is 0 Å². The van der Waals surface area contributed by atoms with E-state index in [1.54, 1.807) is 4.90 Å². The Balaban J connectivity index is 1.93. The number of unbranched alkanes of at least 4 members (excludes halogenated alkanes) is 1. The molecule has 0 radical (unpaired) electrons. The lowest BCUT2D eigenvalue weighted by atomic mass is 10.1. The second kappa shape index (κ2) is 9.42. The van der Waals surface area contributed by atoms with Crippen LogP contribution in [-0.2, 0) is 16.0 Å². The van der Waals surface area contributed by atoms with Crippen molar-refractivity contribution < 1.29 is 9.59 Å². The molecule has 2 atom stereocenters. The molecule has 24 heavy (non-hydrogen) atoms. The summed E-state index contributed by atoms with van der Waals surface area (Å²) in [6, 6.07) is 9.33. The Bertz CT molecular complexity index is 533. The first-order valence-corrected chi connectivity index (χ1v) is 8.99. The topological polar surface area (TPSA) is 75.4 Å². The summed E-state index contributed by atoms with van der Waals surface area (Å²) in [5.74, 6) is -0.0304. The monoisotopic (exact) mass is 331 g/mol. The number of nitrogens with one attached hydrogen (secondary N) is 1. The summed E-state index contributed by atoms with van der Waals surface area (Å²) in [4.78, 5) is 26.9. The van der Waals surface area contributed by atoms with Crippen LogP contribution in [0.4, 0.5) is 0 Å². The van der Waals surface area contributed by atoms with E-state index in [2.05, 4.69) is 12.2 Å². The van der Waals surface area contributed by atoms with Gasteiger partial charge in [-0.15, -0.1) is 0 Å². The predicted octanol–water partition coefficient (Wildman–Crippen LogP) is 1.85. The molecule has 5 nitrogen and oxygen atoms in total. The molecule has 0 bridgehead atoms. The average molecular weight is 331 g/mol. The third-order valence-corrected chi connectivity index (χ3v) is 4.61. The molecule has 2 unspecified atom stereocenters. The Morgan fingerprint density at radius 1 is 1.33 bits per heavy atom. The van der Waals surface area contributed by atoms with Gasteiger partial charge in [-0.3, -0.25) is 9.59 Å². The van der Waals surface area contributed by atoms with Crippen molar-refractivity contribution in [2.75, 3.05) is 13.1 Å². The van der Waals surface area contributed by atoms with Crippen molar-refractivity contribution in [1.82, 2.24) is 10.2 Å². The molecule has 132 valence electrons. The Kier molecular flexibility index (Phi) is 7.25. The van der Waals surface area contributed by atoms with Gasteiger partial charge < -0.3 is 16.0 Å². The number of carbonyl (C=O) groups excluding carboxylic acids is 2. The van der Waals surface area contributed by atoms with Gasteiger partial charge in [0.05, 0.1) is 6.42 Å². The number of amides is 2. The molecule has 2 rings (SSSR count). The van der Waals surface area contributed by atoms with Gasteiger partial charge in [0.1, 0.15) is 6.04 Å². The van der Waals surface area contributed by atoms with Crippen LogP contribution in [0.25, 0.3) is 0 Å². The summed E-state index contributed by atoms with van der Waals surface area (Å²) in [7, 11) is 0. The summed E-state index contributed by atoms with van der Waals surface area (Å²) in [5.41, 5.74) is 6.74. The molecule has 0 saturated carbocycles. The summed E-state index contributed by atoms with van der Waals surface area (Å²) < 4.78 is 0. The van der Waals surface area contributed by atoms with Crippen molar-refractivity contribution >= 4 is 11.8 Å². The third-order valence-electron chi connectivity index (χ3n) is 4.61. The SMILES string of the molecule is CCCCC(CN)NC(=O)C1CCCN1C(=O)Cc1ccccc1. The van der Waals surface area contributed by atoms with Crippen molar-refractivity contribution in [2.24, 2.45) is 5.73 Å². The van der Waals surface area contributed by atoms with Crippen LogP contribution in [0.5, 0.6) is 0 Å². The van der Waals surface area contributed by atoms with Gasteiger partial charge in [0, 0.05) is 19.1 Å². The van der Waals surface area contributed by atoms with Crippen molar-refractivity contribution in [2.45, 2.75) is 57.5 Å². The number of carbonyl (C=O) groups is 2. The molecular formula is C19H29N3O2. The van der Waals surface area contributed by atoms with Gasteiger partial charge in [0.2, 0.25) is 11.8 Å². The lowest BCUT2D eigenvalue weighted by Gasteiger charge is -2.26. The van der Waals surface area contributed by atoms with Crippen LogP contribution < -0.4 is 11.1 Å². The largest absolute Gasteiger partial charge is 0.350 e. The van der Waals surface area contributed by atoms with E-state index in [0.717, 1.165) is 37.7 Å². The van der Waals surface area contributed by atoms with E-state index in [4.69, 9.17) is 5.73 Å². The van der Waals surface area contributed by atoms with E-state index in [-0.39, 0.29) is 23.9 Å². The third kappa shape index (κ3) is 5.06. The molecule has 1 aliphatic rings. The van der Waals surface area contributed by atoms with Gasteiger partial charge in [-0.05, 0) is 24.8 Å². The smallest absolute Gasteiger partial charge is 0.243 e. The highest BCUT2D eigenvalue weighted by molar-refractivity contribution is 5.89. The highest BCUT2D eigenvalue weighted by atomic mass is 16.2. The normalized spacial score (nSPS) is 18.4. The molecule has 1 aliphatic heterocycles. The van der Waals surface area contributed by atoms with E-state index >= 15 is 0 Å². The number of hydrogen-bond donors (Lipinski definition) is 2. The molecule has 0 aliphatic carbocycles. The number of likely N-dealkylation sites (tertiary alicyclic amines) is 1. The second-order valence-corrected chi connectivity index (χ2v) is 6.49. The number of benzene rings is 1. The van der Waals surface area contributed by atoms with Crippen molar-refractivity contribution in [3.63, 3.8) is 0 Å². The molecule has 1 heterocycles. The maximum atomic E-state index is 12.6.